The number of carboxylic acid groups (broad SMARTS) is 1. The third kappa shape index (κ3) is 4.60. The van der Waals surface area contributed by atoms with E-state index in [-0.39, 0.29) is 0 Å². The van der Waals surface area contributed by atoms with Crippen molar-refractivity contribution in [3.8, 4) is 22.5 Å². The van der Waals surface area contributed by atoms with Crippen LogP contribution in [0.4, 0.5) is 11.5 Å². The summed E-state index contributed by atoms with van der Waals surface area (Å²) >= 11 is 1.60. The molecule has 1 aliphatic rings. The standard InChI is InChI=1S/C31H23N3O3S/c1-20-28(33-26-8-5-9-27(32-26)38-25-6-3-2-4-7-25)29(37-34-20)23-12-10-21(11-13-23)22-14-16-24(17-15-22)31(18-19-31)30(35)36/h2-19H,1H3,(H,32,33)(H,35,36). The molecule has 0 amide bonds. The highest BCUT2D eigenvalue weighted by Gasteiger charge is 2.44. The Labute approximate surface area is 224 Å². The second-order valence-electron chi connectivity index (χ2n) is 9.04. The molecule has 6 rings (SSSR count). The van der Waals surface area contributed by atoms with E-state index in [2.05, 4.69) is 22.6 Å². The number of anilines is 2. The molecule has 186 valence electrons. The minimum Gasteiger partial charge on any atom is -0.480 e. The Morgan fingerprint density at radius 1 is 0.842 bits per heavy atom. The molecule has 7 heteroatoms. The number of carbonyl (C=O) groups is 1. The van der Waals surface area contributed by atoms with Crippen LogP contribution in [-0.2, 0) is 10.2 Å². The van der Waals surface area contributed by atoms with Crippen molar-refractivity contribution in [3.05, 3.63) is 120 Å². The van der Waals surface area contributed by atoms with Gasteiger partial charge in [-0.2, -0.15) is 0 Å². The van der Waals surface area contributed by atoms with Crippen molar-refractivity contribution < 1.29 is 14.4 Å². The maximum Gasteiger partial charge on any atom is 0.321 e. The number of rotatable bonds is 8. The molecule has 0 spiro atoms. The fourth-order valence-electron chi connectivity index (χ4n) is 4.29. The van der Waals surface area contributed by atoms with E-state index < -0.39 is 11.4 Å². The summed E-state index contributed by atoms with van der Waals surface area (Å²) in [5, 5.41) is 18.0. The molecule has 2 heterocycles. The van der Waals surface area contributed by atoms with Crippen molar-refractivity contribution in [2.75, 3.05) is 5.32 Å². The maximum atomic E-state index is 11.6. The van der Waals surface area contributed by atoms with Gasteiger partial charge in [0.1, 0.15) is 27.6 Å². The quantitative estimate of drug-likeness (QED) is 0.206. The number of hydrogen-bond acceptors (Lipinski definition) is 6. The molecule has 5 aromatic rings. The number of nitrogens with zero attached hydrogens (tertiary/aromatic N) is 2. The summed E-state index contributed by atoms with van der Waals surface area (Å²) in [7, 11) is 0. The molecule has 0 radical (unpaired) electrons. The van der Waals surface area contributed by atoms with Gasteiger partial charge in [-0.3, -0.25) is 4.79 Å². The Morgan fingerprint density at radius 3 is 2.16 bits per heavy atom. The van der Waals surface area contributed by atoms with Crippen LogP contribution in [0, 0.1) is 6.92 Å². The number of aliphatic carboxylic acids is 1. The lowest BCUT2D eigenvalue weighted by Crippen LogP contribution is -2.21. The molecule has 0 saturated carbocycles. The summed E-state index contributed by atoms with van der Waals surface area (Å²) < 4.78 is 5.70. The number of aromatic nitrogens is 2. The van der Waals surface area contributed by atoms with E-state index in [9.17, 15) is 9.90 Å². The van der Waals surface area contributed by atoms with Crippen LogP contribution in [0.25, 0.3) is 22.5 Å². The van der Waals surface area contributed by atoms with Gasteiger partial charge in [0.25, 0.3) is 0 Å². The number of benzene rings is 3. The van der Waals surface area contributed by atoms with Gasteiger partial charge in [0.05, 0.1) is 0 Å². The number of nitrogens with one attached hydrogen (secondary N) is 1. The molecular formula is C31H23N3O3S. The van der Waals surface area contributed by atoms with E-state index in [4.69, 9.17) is 9.51 Å². The Balaban J connectivity index is 1.21. The Hall–Kier alpha value is -4.62. The average molecular weight is 518 g/mol. The fraction of sp³-hybridized carbons (Fsp3) is 0.0645. The summed E-state index contributed by atoms with van der Waals surface area (Å²) in [5.41, 5.74) is 4.24. The van der Waals surface area contributed by atoms with E-state index in [0.29, 0.717) is 11.6 Å². The smallest absolute Gasteiger partial charge is 0.321 e. The van der Waals surface area contributed by atoms with Crippen LogP contribution in [0.15, 0.2) is 124 Å². The first-order valence-corrected chi connectivity index (χ1v) is 12.9. The molecule has 38 heavy (non-hydrogen) atoms. The van der Waals surface area contributed by atoms with Gasteiger partial charge in [-0.05, 0) is 47.9 Å². The second-order valence-corrected chi connectivity index (χ2v) is 10.1. The lowest BCUT2D eigenvalue weighted by atomic mass is 9.92. The van der Waals surface area contributed by atoms with Crippen LogP contribution < -0.4 is 5.32 Å². The minimum atomic E-state index is -0.940. The molecule has 2 aromatic heterocycles. The summed E-state index contributed by atoms with van der Waals surface area (Å²) in [6.07, 6.45) is 3.41. The maximum absolute atomic E-state index is 11.6. The van der Waals surface area contributed by atoms with Crippen molar-refractivity contribution in [2.24, 2.45) is 0 Å². The second kappa shape index (κ2) is 9.68. The fourth-order valence-corrected chi connectivity index (χ4v) is 5.11. The molecule has 0 atom stereocenters. The molecule has 3 aromatic carbocycles. The van der Waals surface area contributed by atoms with Gasteiger partial charge in [0.15, 0.2) is 5.76 Å². The minimum absolute atomic E-state index is 0.635. The third-order valence-corrected chi connectivity index (χ3v) is 7.45. The third-order valence-electron chi connectivity index (χ3n) is 6.50. The van der Waals surface area contributed by atoms with Gasteiger partial charge in [-0.15, -0.1) is 0 Å². The highest BCUT2D eigenvalue weighted by molar-refractivity contribution is 7.99. The van der Waals surface area contributed by atoms with Crippen LogP contribution in [0.1, 0.15) is 11.3 Å². The molecule has 0 fully saturated rings. The van der Waals surface area contributed by atoms with Gasteiger partial charge >= 0.3 is 5.97 Å². The monoisotopic (exact) mass is 517 g/mol. The van der Waals surface area contributed by atoms with Crippen molar-refractivity contribution in [2.45, 2.75) is 22.3 Å². The SMILES string of the molecule is Cc1noc(-c2ccc(-c3ccc(C4(C(=O)O)C=C4)cc3)cc2)c1Nc1cccc(Sc2ccccc2)n1. The molecule has 0 bridgehead atoms. The summed E-state index contributed by atoms with van der Waals surface area (Å²) in [5.74, 6) is 0.494. The molecule has 0 saturated heterocycles. The van der Waals surface area contributed by atoms with E-state index in [0.717, 1.165) is 43.6 Å². The Bertz CT molecular complexity index is 1640. The number of aryl methyl sites for hydroxylation is 1. The zero-order valence-corrected chi connectivity index (χ0v) is 21.3. The van der Waals surface area contributed by atoms with Crippen molar-refractivity contribution in [3.63, 3.8) is 0 Å². The lowest BCUT2D eigenvalue weighted by Gasteiger charge is -2.12. The van der Waals surface area contributed by atoms with Crippen molar-refractivity contribution in [1.29, 1.82) is 0 Å². The van der Waals surface area contributed by atoms with Crippen molar-refractivity contribution in [1.82, 2.24) is 10.1 Å². The van der Waals surface area contributed by atoms with E-state index in [1.807, 2.05) is 91.9 Å². The highest BCUT2D eigenvalue weighted by atomic mass is 32.2. The van der Waals surface area contributed by atoms with Crippen LogP contribution in [0.2, 0.25) is 0 Å². The number of pyridine rings is 1. The molecule has 6 nitrogen and oxygen atoms in total. The largest absolute Gasteiger partial charge is 0.480 e. The van der Waals surface area contributed by atoms with Gasteiger partial charge in [-0.1, -0.05) is 102 Å². The molecular weight excluding hydrogens is 494 g/mol. The Kier molecular flexibility index (Phi) is 6.05. The topological polar surface area (TPSA) is 88.2 Å². The highest BCUT2D eigenvalue weighted by Crippen LogP contribution is 2.40. The summed E-state index contributed by atoms with van der Waals surface area (Å²) in [6, 6.07) is 31.7. The first-order chi connectivity index (χ1) is 18.5. The van der Waals surface area contributed by atoms with Crippen LogP contribution in [0.3, 0.4) is 0 Å². The van der Waals surface area contributed by atoms with Crippen LogP contribution >= 0.6 is 11.8 Å². The van der Waals surface area contributed by atoms with Gasteiger partial charge in [0, 0.05) is 10.5 Å². The van der Waals surface area contributed by atoms with Gasteiger partial charge < -0.3 is 14.9 Å². The Morgan fingerprint density at radius 2 is 1.50 bits per heavy atom. The lowest BCUT2D eigenvalue weighted by molar-refractivity contribution is -0.139. The zero-order valence-electron chi connectivity index (χ0n) is 20.5. The first-order valence-electron chi connectivity index (χ1n) is 12.1. The molecule has 1 aliphatic carbocycles. The first kappa shape index (κ1) is 23.8. The van der Waals surface area contributed by atoms with Crippen LogP contribution in [-0.4, -0.2) is 21.2 Å². The summed E-state index contributed by atoms with van der Waals surface area (Å²) in [6.45, 7) is 1.90. The van der Waals surface area contributed by atoms with E-state index in [1.165, 1.54) is 0 Å². The zero-order chi connectivity index (χ0) is 26.1. The van der Waals surface area contributed by atoms with E-state index in [1.54, 1.807) is 23.9 Å². The predicted molar refractivity (Wildman–Crippen MR) is 149 cm³/mol. The van der Waals surface area contributed by atoms with E-state index >= 15 is 0 Å². The summed E-state index contributed by atoms with van der Waals surface area (Å²) in [4.78, 5) is 17.4. The number of carboxylic acids is 1. The van der Waals surface area contributed by atoms with Gasteiger partial charge in [0.2, 0.25) is 0 Å². The molecule has 0 unspecified atom stereocenters. The molecule has 2 N–H and O–H groups in total. The number of hydrogen-bond donors (Lipinski definition) is 2. The molecule has 0 aliphatic heterocycles. The van der Waals surface area contributed by atoms with Crippen LogP contribution in [0.5, 0.6) is 0 Å². The normalized spacial score (nSPS) is 13.3. The predicted octanol–water partition coefficient (Wildman–Crippen LogP) is 7.50. The average Bonchev–Trinajstić information content (AvgIpc) is 3.69. The van der Waals surface area contributed by atoms with Gasteiger partial charge in [-0.25, -0.2) is 4.98 Å². The van der Waals surface area contributed by atoms with Crippen molar-refractivity contribution >= 4 is 29.2 Å².